The van der Waals surface area contributed by atoms with E-state index < -0.39 is 22.4 Å². The van der Waals surface area contributed by atoms with Crippen LogP contribution in [0.4, 0.5) is 0 Å². The highest BCUT2D eigenvalue weighted by Gasteiger charge is 2.64. The van der Waals surface area contributed by atoms with Crippen LogP contribution >= 0.6 is 0 Å². The maximum absolute atomic E-state index is 12.6. The first-order valence-electron chi connectivity index (χ1n) is 7.09. The number of Topliss-reactive ketones (excluding diaryl/α,β-unsaturated/α-hetero) is 2. The Hall–Kier alpha value is -2.62. The second-order valence-corrected chi connectivity index (χ2v) is 6.31. The molecule has 4 heteroatoms. The third kappa shape index (κ3) is 1.06. The van der Waals surface area contributed by atoms with E-state index in [1.165, 1.54) is 0 Å². The summed E-state index contributed by atoms with van der Waals surface area (Å²) >= 11 is 0. The highest BCUT2D eigenvalue weighted by Crippen LogP contribution is 2.66. The van der Waals surface area contributed by atoms with Crippen LogP contribution in [-0.4, -0.2) is 21.8 Å². The molecule has 0 heterocycles. The Bertz CT molecular complexity index is 788. The van der Waals surface area contributed by atoms with Crippen molar-refractivity contribution in [2.24, 2.45) is 10.8 Å². The number of aliphatic hydroxyl groups excluding tert-OH is 2. The Morgan fingerprint density at radius 2 is 1.14 bits per heavy atom. The molecule has 4 rings (SSSR count). The molecule has 0 aromatic heterocycles. The van der Waals surface area contributed by atoms with Crippen LogP contribution in [0.25, 0.3) is 0 Å². The van der Waals surface area contributed by atoms with Gasteiger partial charge in [0.25, 0.3) is 0 Å². The zero-order chi connectivity index (χ0) is 15.9. The molecule has 0 spiro atoms. The summed E-state index contributed by atoms with van der Waals surface area (Å²) in [6, 6.07) is 0. The van der Waals surface area contributed by atoms with Gasteiger partial charge < -0.3 is 10.2 Å². The number of aliphatic hydroxyl groups is 2. The summed E-state index contributed by atoms with van der Waals surface area (Å²) in [4.78, 5) is 25.1. The fourth-order valence-electron chi connectivity index (χ4n) is 4.25. The van der Waals surface area contributed by atoms with Gasteiger partial charge in [-0.15, -0.1) is 0 Å². The maximum Gasteiger partial charge on any atom is 0.224 e. The predicted molar refractivity (Wildman–Crippen MR) is 80.0 cm³/mol. The Balaban J connectivity index is 2.25. The molecule has 0 saturated carbocycles. The molecule has 0 aromatic carbocycles. The molecule has 2 N–H and O–H groups in total. The molecule has 0 fully saturated rings. The number of rotatable bonds is 0. The largest absolute Gasteiger partial charge is 0.504 e. The molecule has 0 radical (unpaired) electrons. The summed E-state index contributed by atoms with van der Waals surface area (Å²) in [6.07, 6.45) is 9.91. The summed E-state index contributed by atoms with van der Waals surface area (Å²) in [5, 5.41) is 20.7. The van der Waals surface area contributed by atoms with Crippen LogP contribution in [0.5, 0.6) is 0 Å². The SMILES string of the molecule is C[C@]12C3=CC=CC1=C(O)C(=O)C1=CC=CC(=C(O)C3=O)[C@@]12C. The zero-order valence-electron chi connectivity index (χ0n) is 12.2. The summed E-state index contributed by atoms with van der Waals surface area (Å²) in [6.45, 7) is 3.69. The van der Waals surface area contributed by atoms with Gasteiger partial charge in [-0.1, -0.05) is 36.5 Å². The van der Waals surface area contributed by atoms with Gasteiger partial charge in [0.1, 0.15) is 0 Å². The zero-order valence-corrected chi connectivity index (χ0v) is 12.2. The predicted octanol–water partition coefficient (Wildman–Crippen LogP) is 2.78. The molecule has 0 aliphatic heterocycles. The minimum absolute atomic E-state index is 0.322. The highest BCUT2D eigenvalue weighted by molar-refractivity contribution is 6.17. The molecular weight excluding hydrogens is 280 g/mol. The van der Waals surface area contributed by atoms with Crippen molar-refractivity contribution in [3.63, 3.8) is 0 Å². The van der Waals surface area contributed by atoms with Gasteiger partial charge in [-0.3, -0.25) is 9.59 Å². The molecule has 0 aromatic rings. The average Bonchev–Trinajstić information content (AvgIpc) is 2.50. The van der Waals surface area contributed by atoms with Gasteiger partial charge in [0, 0.05) is 33.1 Å². The number of allylic oxidation sites excluding steroid dienone is 10. The third-order valence-corrected chi connectivity index (χ3v) is 5.64. The average molecular weight is 294 g/mol. The minimum atomic E-state index is -0.880. The molecular formula is C18H14O4. The monoisotopic (exact) mass is 294 g/mol. The lowest BCUT2D eigenvalue weighted by Crippen LogP contribution is -2.54. The van der Waals surface area contributed by atoms with Gasteiger partial charge in [0.2, 0.25) is 11.6 Å². The normalized spacial score (nSPS) is 35.5. The smallest absolute Gasteiger partial charge is 0.224 e. The number of hydrogen-bond donors (Lipinski definition) is 2. The van der Waals surface area contributed by atoms with Crippen molar-refractivity contribution in [2.45, 2.75) is 13.8 Å². The molecule has 0 saturated heterocycles. The lowest BCUT2D eigenvalue weighted by atomic mass is 9.44. The van der Waals surface area contributed by atoms with Gasteiger partial charge in [-0.2, -0.15) is 0 Å². The van der Waals surface area contributed by atoms with Gasteiger partial charge >= 0.3 is 0 Å². The molecule has 110 valence electrons. The van der Waals surface area contributed by atoms with Crippen LogP contribution in [0.3, 0.4) is 0 Å². The van der Waals surface area contributed by atoms with E-state index in [2.05, 4.69) is 0 Å². The van der Waals surface area contributed by atoms with Gasteiger partial charge in [0.05, 0.1) is 0 Å². The summed E-state index contributed by atoms with van der Waals surface area (Å²) in [5.74, 6) is -1.55. The summed E-state index contributed by atoms with van der Waals surface area (Å²) < 4.78 is 0. The van der Waals surface area contributed by atoms with Crippen LogP contribution in [0, 0.1) is 10.8 Å². The van der Waals surface area contributed by atoms with Crippen molar-refractivity contribution in [1.82, 2.24) is 0 Å². The fraction of sp³-hybridized carbons (Fsp3) is 0.222. The van der Waals surface area contributed by atoms with E-state index >= 15 is 0 Å². The van der Waals surface area contributed by atoms with Crippen LogP contribution in [-0.2, 0) is 9.59 Å². The van der Waals surface area contributed by atoms with E-state index in [1.54, 1.807) is 36.5 Å². The van der Waals surface area contributed by atoms with Crippen LogP contribution in [0.15, 0.2) is 70.3 Å². The Labute approximate surface area is 127 Å². The minimum Gasteiger partial charge on any atom is -0.504 e. The van der Waals surface area contributed by atoms with Crippen molar-refractivity contribution in [1.29, 1.82) is 0 Å². The molecule has 4 aliphatic carbocycles. The van der Waals surface area contributed by atoms with E-state index in [4.69, 9.17) is 0 Å². The molecule has 22 heavy (non-hydrogen) atoms. The topological polar surface area (TPSA) is 74.6 Å². The van der Waals surface area contributed by atoms with Crippen molar-refractivity contribution in [3.8, 4) is 0 Å². The Morgan fingerprint density at radius 3 is 1.50 bits per heavy atom. The molecule has 4 nitrogen and oxygen atoms in total. The van der Waals surface area contributed by atoms with E-state index in [0.717, 1.165) is 0 Å². The summed E-state index contributed by atoms with van der Waals surface area (Å²) in [5.41, 5.74) is -0.0983. The quantitative estimate of drug-likeness (QED) is 0.720. The first kappa shape index (κ1) is 13.1. The number of carbonyl (C=O) groups is 2. The third-order valence-electron chi connectivity index (χ3n) is 5.64. The first-order chi connectivity index (χ1) is 10.3. The van der Waals surface area contributed by atoms with E-state index in [0.29, 0.717) is 22.3 Å². The molecule has 0 bridgehead atoms. The number of hydrogen-bond acceptors (Lipinski definition) is 4. The fourth-order valence-corrected chi connectivity index (χ4v) is 4.25. The van der Waals surface area contributed by atoms with Crippen LogP contribution in [0.2, 0.25) is 0 Å². The molecule has 0 amide bonds. The molecule has 0 unspecified atom stereocenters. The van der Waals surface area contributed by atoms with Crippen molar-refractivity contribution in [3.05, 3.63) is 70.3 Å². The highest BCUT2D eigenvalue weighted by atomic mass is 16.3. The van der Waals surface area contributed by atoms with Gasteiger partial charge in [0.15, 0.2) is 11.5 Å². The number of carbonyl (C=O) groups excluding carboxylic acids is 2. The van der Waals surface area contributed by atoms with Crippen LogP contribution in [0.1, 0.15) is 13.8 Å². The van der Waals surface area contributed by atoms with Crippen molar-refractivity contribution in [2.75, 3.05) is 0 Å². The molecule has 2 atom stereocenters. The molecule has 4 aliphatic rings. The van der Waals surface area contributed by atoms with Crippen molar-refractivity contribution < 1.29 is 19.8 Å². The lowest BCUT2D eigenvalue weighted by Gasteiger charge is -2.56. The second-order valence-electron chi connectivity index (χ2n) is 6.31. The van der Waals surface area contributed by atoms with Crippen LogP contribution < -0.4 is 0 Å². The number of ketones is 2. The maximum atomic E-state index is 12.6. The van der Waals surface area contributed by atoms with E-state index in [9.17, 15) is 19.8 Å². The summed E-state index contributed by atoms with van der Waals surface area (Å²) in [7, 11) is 0. The van der Waals surface area contributed by atoms with Gasteiger partial charge in [-0.05, 0) is 13.8 Å². The lowest BCUT2D eigenvalue weighted by molar-refractivity contribution is -0.120. The van der Waals surface area contributed by atoms with E-state index in [-0.39, 0.29) is 11.5 Å². The first-order valence-corrected chi connectivity index (χ1v) is 7.09. The Kier molecular flexibility index (Phi) is 2.13. The van der Waals surface area contributed by atoms with E-state index in [1.807, 2.05) is 13.8 Å². The Morgan fingerprint density at radius 1 is 0.773 bits per heavy atom. The second kappa shape index (κ2) is 3.58. The standard InChI is InChI=1S/C18H14O4/c1-17-9-5-3-6-10(17)14(20)16(22)12-8-4-7-11(18(12,17)2)15(21)13(9)19/h3-8,19,22H,1-2H3/t17-,18-. The van der Waals surface area contributed by atoms with Gasteiger partial charge in [-0.25, -0.2) is 0 Å². The van der Waals surface area contributed by atoms with Crippen molar-refractivity contribution >= 4 is 11.6 Å².